The van der Waals surface area contributed by atoms with E-state index >= 15 is 0 Å². The first-order valence-electron chi connectivity index (χ1n) is 10.6. The summed E-state index contributed by atoms with van der Waals surface area (Å²) in [4.78, 5) is 15.4. The first-order valence-corrected chi connectivity index (χ1v) is 11.6. The molecule has 0 N–H and O–H groups in total. The fourth-order valence-electron chi connectivity index (χ4n) is 4.29. The van der Waals surface area contributed by atoms with Crippen LogP contribution in [0.4, 0.5) is 4.39 Å². The average molecular weight is 426 g/mol. The fourth-order valence-corrected chi connectivity index (χ4v) is 5.29. The summed E-state index contributed by atoms with van der Waals surface area (Å²) >= 11 is 1.79. The third kappa shape index (κ3) is 4.79. The van der Waals surface area contributed by atoms with E-state index in [2.05, 4.69) is 35.2 Å². The van der Waals surface area contributed by atoms with Crippen molar-refractivity contribution in [2.75, 3.05) is 39.2 Å². The second-order valence-corrected chi connectivity index (χ2v) is 9.16. The van der Waals surface area contributed by atoms with Crippen molar-refractivity contribution in [1.29, 1.82) is 0 Å². The minimum absolute atomic E-state index is 0.218. The van der Waals surface area contributed by atoms with Gasteiger partial charge in [-0.25, -0.2) is 4.79 Å². The van der Waals surface area contributed by atoms with Crippen molar-refractivity contribution in [3.8, 4) is 0 Å². The fraction of sp³-hybridized carbons (Fsp3) is 0.400. The minimum atomic E-state index is -0.295. The summed E-state index contributed by atoms with van der Waals surface area (Å²) in [5.41, 5.74) is 5.59. The molecular weight excluding hydrogens is 397 g/mol. The van der Waals surface area contributed by atoms with Gasteiger partial charge in [0.25, 0.3) is 0 Å². The van der Waals surface area contributed by atoms with Gasteiger partial charge in [0.05, 0.1) is 19.3 Å². The van der Waals surface area contributed by atoms with Gasteiger partial charge in [-0.3, -0.25) is 4.39 Å². The molecular formula is C25H28FNO2S. The van der Waals surface area contributed by atoms with E-state index in [0.29, 0.717) is 17.9 Å². The normalized spacial score (nSPS) is 16.9. The molecule has 3 nitrogen and oxygen atoms in total. The Morgan fingerprint density at radius 1 is 1.20 bits per heavy atom. The van der Waals surface area contributed by atoms with Crippen molar-refractivity contribution >= 4 is 23.3 Å². The Hall–Kier alpha value is -2.11. The van der Waals surface area contributed by atoms with Gasteiger partial charge in [0.15, 0.2) is 0 Å². The molecule has 2 aliphatic rings. The number of esters is 1. The second-order valence-electron chi connectivity index (χ2n) is 8.03. The lowest BCUT2D eigenvalue weighted by molar-refractivity contribution is 0.0600. The minimum Gasteiger partial charge on any atom is -0.465 e. The lowest BCUT2D eigenvalue weighted by Crippen LogP contribution is -2.47. The van der Waals surface area contributed by atoms with Gasteiger partial charge < -0.3 is 9.64 Å². The maximum Gasteiger partial charge on any atom is 0.337 e. The van der Waals surface area contributed by atoms with E-state index in [0.717, 1.165) is 43.1 Å². The average Bonchev–Trinajstić information content (AvgIpc) is 2.97. The third-order valence-electron chi connectivity index (χ3n) is 5.85. The highest BCUT2D eigenvalue weighted by molar-refractivity contribution is 7.99. The molecule has 0 radical (unpaired) electrons. The molecule has 1 saturated heterocycles. The molecule has 0 amide bonds. The molecule has 0 spiro atoms. The number of halogens is 1. The lowest BCUT2D eigenvalue weighted by atomic mass is 9.90. The molecule has 0 saturated carbocycles. The zero-order valence-corrected chi connectivity index (χ0v) is 18.2. The van der Waals surface area contributed by atoms with Crippen molar-refractivity contribution in [3.63, 3.8) is 0 Å². The number of methoxy groups -OCH3 is 1. The summed E-state index contributed by atoms with van der Waals surface area (Å²) < 4.78 is 17.2. The van der Waals surface area contributed by atoms with Crippen LogP contribution in [-0.2, 0) is 11.2 Å². The Morgan fingerprint density at radius 2 is 2.00 bits per heavy atom. The van der Waals surface area contributed by atoms with E-state index in [1.807, 2.05) is 18.2 Å². The number of ether oxygens (including phenoxy) is 1. The molecule has 1 fully saturated rings. The summed E-state index contributed by atoms with van der Waals surface area (Å²) in [6.07, 6.45) is 5.04. The zero-order valence-electron chi connectivity index (χ0n) is 17.4. The monoisotopic (exact) mass is 425 g/mol. The summed E-state index contributed by atoms with van der Waals surface area (Å²) in [6, 6.07) is 14.7. The van der Waals surface area contributed by atoms with E-state index in [-0.39, 0.29) is 12.6 Å². The maximum atomic E-state index is 12.3. The van der Waals surface area contributed by atoms with Crippen LogP contribution < -0.4 is 0 Å². The van der Waals surface area contributed by atoms with Crippen LogP contribution in [0.1, 0.15) is 39.9 Å². The first-order chi connectivity index (χ1) is 14.7. The number of hydrogen-bond donors (Lipinski definition) is 0. The van der Waals surface area contributed by atoms with Crippen LogP contribution in [0.2, 0.25) is 0 Å². The molecule has 0 unspecified atom stereocenters. The van der Waals surface area contributed by atoms with Gasteiger partial charge in [-0.15, -0.1) is 11.8 Å². The molecule has 0 bridgehead atoms. The number of carbonyl (C=O) groups excluding carboxylic acids is 1. The van der Waals surface area contributed by atoms with Crippen LogP contribution in [0.25, 0.3) is 5.57 Å². The van der Waals surface area contributed by atoms with Crippen LogP contribution in [0.5, 0.6) is 0 Å². The molecule has 2 aromatic rings. The SMILES string of the molecule is COC(=O)c1ccc2c(c1)SCCC=C2c1ccc(CC2CN(CCCF)C2)cc1. The number of benzene rings is 2. The topological polar surface area (TPSA) is 29.5 Å². The molecule has 0 atom stereocenters. The standard InChI is InChI=1S/C25H28FNO2S/c1-29-25(28)21-9-10-23-22(4-2-13-30-24(23)15-21)20-7-5-18(6-8-20)14-19-16-27(17-19)12-3-11-26/h4-10,15,19H,2-3,11-14,16-17H2,1H3. The molecule has 2 aliphatic heterocycles. The molecule has 4 rings (SSSR count). The number of allylic oxidation sites excluding steroid dienone is 1. The van der Waals surface area contributed by atoms with E-state index in [9.17, 15) is 9.18 Å². The first kappa shape index (κ1) is 21.1. The van der Waals surface area contributed by atoms with Gasteiger partial charge in [-0.2, -0.15) is 0 Å². The Labute approximate surface area is 182 Å². The quantitative estimate of drug-likeness (QED) is 0.568. The van der Waals surface area contributed by atoms with Gasteiger partial charge >= 0.3 is 5.97 Å². The Balaban J connectivity index is 1.46. The van der Waals surface area contributed by atoms with Crippen LogP contribution in [0.3, 0.4) is 0 Å². The van der Waals surface area contributed by atoms with E-state index < -0.39 is 0 Å². The van der Waals surface area contributed by atoms with Crippen LogP contribution in [-0.4, -0.2) is 50.0 Å². The van der Waals surface area contributed by atoms with Crippen LogP contribution >= 0.6 is 11.8 Å². The second kappa shape index (κ2) is 9.80. The molecule has 0 aromatic heterocycles. The van der Waals surface area contributed by atoms with Crippen LogP contribution in [0, 0.1) is 5.92 Å². The van der Waals surface area contributed by atoms with Gasteiger partial charge in [0.1, 0.15) is 0 Å². The summed E-state index contributed by atoms with van der Waals surface area (Å²) in [5.74, 6) is 1.39. The Morgan fingerprint density at radius 3 is 2.73 bits per heavy atom. The number of alkyl halides is 1. The highest BCUT2D eigenvalue weighted by atomic mass is 32.2. The molecule has 0 aliphatic carbocycles. The van der Waals surface area contributed by atoms with Crippen molar-refractivity contribution < 1.29 is 13.9 Å². The van der Waals surface area contributed by atoms with Gasteiger partial charge in [0.2, 0.25) is 0 Å². The smallest absolute Gasteiger partial charge is 0.337 e. The van der Waals surface area contributed by atoms with Crippen molar-refractivity contribution in [2.45, 2.75) is 24.2 Å². The summed E-state index contributed by atoms with van der Waals surface area (Å²) in [6.45, 7) is 2.83. The highest BCUT2D eigenvalue weighted by Crippen LogP contribution is 2.37. The Bertz CT molecular complexity index is 919. The predicted molar refractivity (Wildman–Crippen MR) is 121 cm³/mol. The lowest BCUT2D eigenvalue weighted by Gasteiger charge is -2.39. The number of fused-ring (bicyclic) bond motifs is 1. The molecule has 158 valence electrons. The van der Waals surface area contributed by atoms with E-state index in [1.165, 1.54) is 29.4 Å². The number of thioether (sulfide) groups is 1. The molecule has 2 heterocycles. The predicted octanol–water partition coefficient (Wildman–Crippen LogP) is 5.23. The maximum absolute atomic E-state index is 12.3. The molecule has 30 heavy (non-hydrogen) atoms. The summed E-state index contributed by atoms with van der Waals surface area (Å²) in [7, 11) is 1.42. The largest absolute Gasteiger partial charge is 0.465 e. The number of likely N-dealkylation sites (tertiary alicyclic amines) is 1. The number of rotatable bonds is 7. The third-order valence-corrected chi connectivity index (χ3v) is 6.94. The zero-order chi connectivity index (χ0) is 20.9. The van der Waals surface area contributed by atoms with Gasteiger partial charge in [-0.1, -0.05) is 36.4 Å². The van der Waals surface area contributed by atoms with Gasteiger partial charge in [-0.05, 0) is 59.6 Å². The number of carbonyl (C=O) groups is 1. The highest BCUT2D eigenvalue weighted by Gasteiger charge is 2.26. The van der Waals surface area contributed by atoms with Crippen molar-refractivity contribution in [1.82, 2.24) is 4.90 Å². The van der Waals surface area contributed by atoms with E-state index in [4.69, 9.17) is 4.74 Å². The number of hydrogen-bond acceptors (Lipinski definition) is 4. The van der Waals surface area contributed by atoms with Crippen LogP contribution in [0.15, 0.2) is 53.4 Å². The summed E-state index contributed by atoms with van der Waals surface area (Å²) in [5, 5.41) is 0. The van der Waals surface area contributed by atoms with Crippen molar-refractivity contribution in [3.05, 3.63) is 70.8 Å². The Kier molecular flexibility index (Phi) is 6.90. The van der Waals surface area contributed by atoms with Gasteiger partial charge in [0, 0.05) is 30.3 Å². The molecule has 2 aromatic carbocycles. The number of nitrogens with zero attached hydrogens (tertiary/aromatic N) is 1. The molecule has 5 heteroatoms. The van der Waals surface area contributed by atoms with E-state index in [1.54, 1.807) is 11.8 Å². The van der Waals surface area contributed by atoms with Crippen molar-refractivity contribution in [2.24, 2.45) is 5.92 Å².